The molecule has 0 unspecified atom stereocenters. The first kappa shape index (κ1) is 35.5. The van der Waals surface area contributed by atoms with E-state index < -0.39 is 70.4 Å². The van der Waals surface area contributed by atoms with Crippen LogP contribution in [0.5, 0.6) is 0 Å². The summed E-state index contributed by atoms with van der Waals surface area (Å²) >= 11 is 0. The quantitative estimate of drug-likeness (QED) is 0.144. The van der Waals surface area contributed by atoms with Crippen molar-refractivity contribution in [1.29, 1.82) is 0 Å². The minimum absolute atomic E-state index is 0.0640. The number of carbonyl (C=O) groups is 1. The highest BCUT2D eigenvalue weighted by molar-refractivity contribution is 5.90. The molecule has 1 rings (SSSR count). The normalized spacial score (nSPS) is 20.1. The lowest BCUT2D eigenvalue weighted by atomic mass is 9.80. The molecule has 40 heavy (non-hydrogen) atoms. The maximum absolute atomic E-state index is 14.8. The van der Waals surface area contributed by atoms with E-state index in [9.17, 15) is 79.4 Å². The molecule has 1 aliphatic carbocycles. The molecule has 0 spiro atoms. The van der Waals surface area contributed by atoms with Crippen LogP contribution in [0.2, 0.25) is 0 Å². The summed E-state index contributed by atoms with van der Waals surface area (Å²) in [5.74, 6) is -58.7. The maximum Gasteiger partial charge on any atom is 0.460 e. The lowest BCUT2D eigenvalue weighted by Gasteiger charge is -2.46. The molecule has 0 amide bonds. The van der Waals surface area contributed by atoms with E-state index in [4.69, 9.17) is 0 Å². The van der Waals surface area contributed by atoms with Crippen molar-refractivity contribution in [2.75, 3.05) is 13.7 Å². The Labute approximate surface area is 212 Å². The zero-order chi connectivity index (χ0) is 32.2. The molecule has 232 valence electrons. The molecular weight excluding hydrogens is 611 g/mol. The van der Waals surface area contributed by atoms with Crippen LogP contribution >= 0.6 is 0 Å². The van der Waals surface area contributed by atoms with Gasteiger partial charge in [-0.1, -0.05) is 12.2 Å². The van der Waals surface area contributed by atoms with Crippen LogP contribution < -0.4 is 0 Å². The Morgan fingerprint density at radius 1 is 0.675 bits per heavy atom. The predicted octanol–water partition coefficient (Wildman–Crippen LogP) is 7.39. The number of methoxy groups -OCH3 is 1. The Morgan fingerprint density at radius 2 is 1.02 bits per heavy atom. The summed E-state index contributed by atoms with van der Waals surface area (Å²) in [5, 5.41) is 0. The van der Waals surface area contributed by atoms with Gasteiger partial charge in [0.1, 0.15) is 0 Å². The third-order valence-corrected chi connectivity index (χ3v) is 5.59. The van der Waals surface area contributed by atoms with Gasteiger partial charge in [-0.2, -0.15) is 74.6 Å². The number of allylic oxidation sites excluding steroid dienone is 3. The molecule has 20 heteroatoms. The standard InChI is InChI=1S/C20H15F17O3/c1-4-40-11(38)9(2)10-5-7-12(39-3,8-6-10)13(21,22)14(23,24)15(25,26)16(27,28)17(29,30)18(31,32)19(33,34)20(35,36)37/h5-8H,4H2,1-3H3. The second-order valence-electron chi connectivity index (χ2n) is 7.98. The van der Waals surface area contributed by atoms with E-state index in [-0.39, 0.29) is 25.9 Å². The Balaban J connectivity index is 3.76. The highest BCUT2D eigenvalue weighted by atomic mass is 19.4. The zero-order valence-corrected chi connectivity index (χ0v) is 19.7. The van der Waals surface area contributed by atoms with E-state index >= 15 is 0 Å². The number of hydrogen-bond acceptors (Lipinski definition) is 3. The molecule has 0 atom stereocenters. The molecule has 0 saturated carbocycles. The molecule has 0 aromatic carbocycles. The van der Waals surface area contributed by atoms with Crippen LogP contribution in [0.1, 0.15) is 13.8 Å². The van der Waals surface area contributed by atoms with Crippen LogP contribution in [0.3, 0.4) is 0 Å². The fraction of sp³-hybridized carbons (Fsp3) is 0.650. The molecule has 0 N–H and O–H groups in total. The van der Waals surface area contributed by atoms with Crippen molar-refractivity contribution >= 4 is 5.97 Å². The zero-order valence-electron chi connectivity index (χ0n) is 19.7. The van der Waals surface area contributed by atoms with E-state index in [0.29, 0.717) is 12.2 Å². The Hall–Kier alpha value is -2.54. The molecule has 0 aliphatic heterocycles. The van der Waals surface area contributed by atoms with Crippen molar-refractivity contribution in [1.82, 2.24) is 0 Å². The van der Waals surface area contributed by atoms with Crippen molar-refractivity contribution in [2.24, 2.45) is 0 Å². The minimum atomic E-state index is -8.73. The van der Waals surface area contributed by atoms with Gasteiger partial charge in [0, 0.05) is 12.7 Å². The second-order valence-corrected chi connectivity index (χ2v) is 7.98. The van der Waals surface area contributed by atoms with Crippen LogP contribution in [0.4, 0.5) is 74.6 Å². The Morgan fingerprint density at radius 3 is 1.35 bits per heavy atom. The molecule has 0 aromatic heterocycles. The smallest absolute Gasteiger partial charge is 0.460 e. The van der Waals surface area contributed by atoms with E-state index in [2.05, 4.69) is 9.47 Å². The molecule has 0 fully saturated rings. The van der Waals surface area contributed by atoms with Crippen molar-refractivity contribution in [2.45, 2.75) is 67.1 Å². The van der Waals surface area contributed by atoms with Gasteiger partial charge < -0.3 is 9.47 Å². The third-order valence-electron chi connectivity index (χ3n) is 5.59. The van der Waals surface area contributed by atoms with Crippen molar-refractivity contribution < 1.29 is 88.9 Å². The topological polar surface area (TPSA) is 35.5 Å². The minimum Gasteiger partial charge on any atom is -0.463 e. The summed E-state index contributed by atoms with van der Waals surface area (Å²) in [6.45, 7) is 2.06. The fourth-order valence-corrected chi connectivity index (χ4v) is 3.03. The number of halogens is 17. The van der Waals surface area contributed by atoms with Gasteiger partial charge in [0.15, 0.2) is 5.60 Å². The summed E-state index contributed by atoms with van der Waals surface area (Å²) in [5.41, 5.74) is -5.19. The molecular formula is C20H15F17O3. The first-order chi connectivity index (χ1) is 17.5. The van der Waals surface area contributed by atoms with Crippen LogP contribution in [0.25, 0.3) is 0 Å². The predicted molar refractivity (Wildman–Crippen MR) is 98.0 cm³/mol. The number of ether oxygens (including phenoxy) is 2. The van der Waals surface area contributed by atoms with Gasteiger partial charge in [0.25, 0.3) is 0 Å². The number of esters is 1. The highest BCUT2D eigenvalue weighted by Gasteiger charge is 2.96. The summed E-state index contributed by atoms with van der Waals surface area (Å²) in [6.07, 6.45) is -7.77. The number of hydrogen-bond donors (Lipinski definition) is 0. The second kappa shape index (κ2) is 10.1. The summed E-state index contributed by atoms with van der Waals surface area (Å²) in [4.78, 5) is 11.7. The van der Waals surface area contributed by atoms with Crippen LogP contribution in [-0.2, 0) is 14.3 Å². The molecule has 0 heterocycles. The molecule has 1 aliphatic rings. The number of alkyl halides is 17. The van der Waals surface area contributed by atoms with Crippen molar-refractivity contribution in [3.8, 4) is 0 Å². The monoisotopic (exact) mass is 626 g/mol. The first-order valence-electron chi connectivity index (χ1n) is 10.1. The van der Waals surface area contributed by atoms with E-state index in [1.807, 2.05) is 0 Å². The summed E-state index contributed by atoms with van der Waals surface area (Å²) in [7, 11) is 0.0640. The van der Waals surface area contributed by atoms with Crippen LogP contribution in [-0.4, -0.2) is 72.9 Å². The van der Waals surface area contributed by atoms with Gasteiger partial charge in [-0.15, -0.1) is 0 Å². The van der Waals surface area contributed by atoms with Gasteiger partial charge in [-0.25, -0.2) is 4.79 Å². The van der Waals surface area contributed by atoms with Crippen molar-refractivity contribution in [3.63, 3.8) is 0 Å². The SMILES string of the molecule is CCOC(=O)C(C)=C1C=CC(OC)(C(F)(F)C(F)(F)C(F)(F)C(F)(F)C(F)(F)C(F)(F)C(F)(F)C(F)(F)F)C=C1. The largest absolute Gasteiger partial charge is 0.463 e. The Kier molecular flexibility index (Phi) is 8.94. The highest BCUT2D eigenvalue weighted by Crippen LogP contribution is 2.65. The van der Waals surface area contributed by atoms with Gasteiger partial charge >= 0.3 is 53.6 Å². The average molecular weight is 626 g/mol. The maximum atomic E-state index is 14.8. The fourth-order valence-electron chi connectivity index (χ4n) is 3.03. The average Bonchev–Trinajstić information content (AvgIpc) is 2.82. The Bertz CT molecular complexity index is 1050. The lowest BCUT2D eigenvalue weighted by Crippen LogP contribution is -2.76. The van der Waals surface area contributed by atoms with Gasteiger partial charge in [-0.3, -0.25) is 0 Å². The van der Waals surface area contributed by atoms with Crippen molar-refractivity contribution in [3.05, 3.63) is 35.5 Å². The van der Waals surface area contributed by atoms with Gasteiger partial charge in [-0.05, 0) is 31.6 Å². The van der Waals surface area contributed by atoms with Crippen LogP contribution in [0, 0.1) is 0 Å². The summed E-state index contributed by atoms with van der Waals surface area (Å²) < 4.78 is 240. The third kappa shape index (κ3) is 4.62. The van der Waals surface area contributed by atoms with Gasteiger partial charge in [0.2, 0.25) is 0 Å². The molecule has 3 nitrogen and oxygen atoms in total. The first-order valence-corrected chi connectivity index (χ1v) is 10.1. The van der Waals surface area contributed by atoms with Crippen LogP contribution in [0.15, 0.2) is 35.5 Å². The number of rotatable bonds is 10. The molecule has 0 aromatic rings. The molecule has 0 bridgehead atoms. The van der Waals surface area contributed by atoms with E-state index in [1.165, 1.54) is 6.92 Å². The van der Waals surface area contributed by atoms with E-state index in [1.54, 1.807) is 0 Å². The molecule has 0 saturated heterocycles. The number of carbonyl (C=O) groups excluding carboxylic acids is 1. The van der Waals surface area contributed by atoms with E-state index in [0.717, 1.165) is 6.92 Å². The summed E-state index contributed by atoms with van der Waals surface area (Å²) in [6, 6.07) is 0. The molecule has 0 radical (unpaired) electrons. The lowest BCUT2D eigenvalue weighted by molar-refractivity contribution is -0.465. The van der Waals surface area contributed by atoms with Gasteiger partial charge in [0.05, 0.1) is 6.61 Å².